The molecule has 0 saturated heterocycles. The highest BCUT2D eigenvalue weighted by Crippen LogP contribution is 2.47. The third kappa shape index (κ3) is 2.44. The topological polar surface area (TPSA) is 104 Å². The third-order valence-corrected chi connectivity index (χ3v) is 6.07. The van der Waals surface area contributed by atoms with Gasteiger partial charge in [-0.2, -0.15) is 0 Å². The summed E-state index contributed by atoms with van der Waals surface area (Å²) in [4.78, 5) is 0. The van der Waals surface area contributed by atoms with Crippen LogP contribution < -0.4 is 22.9 Å². The second kappa shape index (κ2) is 5.32. The molecule has 2 saturated carbocycles. The number of hydrogen-bond donors (Lipinski definition) is 4. The Morgan fingerprint density at radius 1 is 0.947 bits per heavy atom. The fourth-order valence-electron chi connectivity index (χ4n) is 4.61. The Kier molecular flexibility index (Phi) is 4.26. The van der Waals surface area contributed by atoms with Gasteiger partial charge in [0.15, 0.2) is 0 Å². The van der Waals surface area contributed by atoms with Gasteiger partial charge in [-0.05, 0) is 50.4 Å². The maximum atomic E-state index is 6.90. The predicted octanol–water partition coefficient (Wildman–Crippen LogP) is 1.07. The molecule has 8 N–H and O–H groups in total. The van der Waals surface area contributed by atoms with Gasteiger partial charge in [0.2, 0.25) is 0 Å². The van der Waals surface area contributed by atoms with Crippen LogP contribution in [0.1, 0.15) is 58.8 Å². The second-order valence-corrected chi connectivity index (χ2v) is 7.16. The molecule has 2 rings (SSSR count). The van der Waals surface area contributed by atoms with E-state index in [0.29, 0.717) is 23.9 Å². The third-order valence-electron chi connectivity index (χ3n) is 6.07. The number of nitrogens with two attached hydrogens (primary N) is 4. The molecule has 112 valence electrons. The second-order valence-electron chi connectivity index (χ2n) is 7.16. The van der Waals surface area contributed by atoms with Crippen LogP contribution in [0, 0.1) is 11.8 Å². The fraction of sp³-hybridized carbons (Fsp3) is 1.00. The molecule has 0 spiro atoms. The minimum Gasteiger partial charge on any atom is -0.328 e. The van der Waals surface area contributed by atoms with Crippen molar-refractivity contribution in [3.8, 4) is 0 Å². The Bertz CT molecular complexity index is 321. The van der Waals surface area contributed by atoms with Gasteiger partial charge in [-0.1, -0.05) is 20.3 Å². The smallest absolute Gasteiger partial charge is 0.0369 e. The summed E-state index contributed by atoms with van der Waals surface area (Å²) in [7, 11) is 0. The van der Waals surface area contributed by atoms with E-state index in [4.69, 9.17) is 22.9 Å². The van der Waals surface area contributed by atoms with Crippen LogP contribution in [0.5, 0.6) is 0 Å². The van der Waals surface area contributed by atoms with Crippen LogP contribution in [-0.4, -0.2) is 23.2 Å². The van der Waals surface area contributed by atoms with Crippen molar-refractivity contribution in [1.29, 1.82) is 0 Å². The first-order valence-corrected chi connectivity index (χ1v) is 7.92. The minimum absolute atomic E-state index is 0.267. The summed E-state index contributed by atoms with van der Waals surface area (Å²) in [6, 6.07) is 0.590. The average Bonchev–Trinajstić information content (AvgIpc) is 2.37. The van der Waals surface area contributed by atoms with Crippen molar-refractivity contribution in [2.45, 2.75) is 82.0 Å². The van der Waals surface area contributed by atoms with Gasteiger partial charge in [0.1, 0.15) is 0 Å². The van der Waals surface area contributed by atoms with Gasteiger partial charge < -0.3 is 22.9 Å². The van der Waals surface area contributed by atoms with E-state index < -0.39 is 0 Å². The maximum Gasteiger partial charge on any atom is 0.0369 e. The van der Waals surface area contributed by atoms with Gasteiger partial charge in [-0.3, -0.25) is 0 Å². The minimum atomic E-state index is -0.274. The Hall–Kier alpha value is -0.160. The van der Waals surface area contributed by atoms with Gasteiger partial charge in [0, 0.05) is 23.2 Å². The average molecular weight is 268 g/mol. The highest BCUT2D eigenvalue weighted by Gasteiger charge is 2.55. The maximum absolute atomic E-state index is 6.90. The Labute approximate surface area is 117 Å². The molecular weight excluding hydrogens is 236 g/mol. The van der Waals surface area contributed by atoms with Crippen LogP contribution in [0.15, 0.2) is 0 Å². The quantitative estimate of drug-likeness (QED) is 0.601. The Morgan fingerprint density at radius 2 is 1.47 bits per heavy atom. The fourth-order valence-corrected chi connectivity index (χ4v) is 4.61. The van der Waals surface area contributed by atoms with E-state index in [1.54, 1.807) is 0 Å². The van der Waals surface area contributed by atoms with E-state index in [1.807, 2.05) is 0 Å². The molecule has 0 amide bonds. The molecule has 0 radical (unpaired) electrons. The summed E-state index contributed by atoms with van der Waals surface area (Å²) in [5, 5.41) is 0. The molecule has 2 fully saturated rings. The molecular formula is C15H32N4. The summed E-state index contributed by atoms with van der Waals surface area (Å²) in [6.45, 7) is 4.45. The van der Waals surface area contributed by atoms with E-state index in [1.165, 1.54) is 0 Å². The SMILES string of the molecule is CCC1CC(N)CCC1(N)C1(N)CCC(N)CC1C. The molecule has 0 aromatic heterocycles. The first-order chi connectivity index (χ1) is 8.83. The van der Waals surface area contributed by atoms with E-state index in [0.717, 1.165) is 44.9 Å². The monoisotopic (exact) mass is 268 g/mol. The highest BCUT2D eigenvalue weighted by atomic mass is 15.0. The van der Waals surface area contributed by atoms with Crippen molar-refractivity contribution in [1.82, 2.24) is 0 Å². The standard InChI is InChI=1S/C15H32N4/c1-3-11-9-13(17)5-7-15(11,19)14(18)6-4-12(16)8-10(14)2/h10-13H,3-9,16-19H2,1-2H3. The van der Waals surface area contributed by atoms with Gasteiger partial charge in [0.25, 0.3) is 0 Å². The van der Waals surface area contributed by atoms with Gasteiger partial charge in [-0.25, -0.2) is 0 Å². The van der Waals surface area contributed by atoms with Crippen molar-refractivity contribution in [2.75, 3.05) is 0 Å². The lowest BCUT2D eigenvalue weighted by Crippen LogP contribution is -2.75. The molecule has 4 nitrogen and oxygen atoms in total. The molecule has 6 unspecified atom stereocenters. The normalized spacial score (nSPS) is 52.1. The van der Waals surface area contributed by atoms with Crippen LogP contribution in [0.3, 0.4) is 0 Å². The molecule has 0 aromatic carbocycles. The molecule has 6 atom stereocenters. The van der Waals surface area contributed by atoms with E-state index in [-0.39, 0.29) is 11.1 Å². The van der Waals surface area contributed by atoms with Crippen molar-refractivity contribution < 1.29 is 0 Å². The predicted molar refractivity (Wildman–Crippen MR) is 80.4 cm³/mol. The van der Waals surface area contributed by atoms with Crippen LogP contribution in [-0.2, 0) is 0 Å². The molecule has 2 aliphatic rings. The largest absolute Gasteiger partial charge is 0.328 e. The van der Waals surface area contributed by atoms with Gasteiger partial charge in [0.05, 0.1) is 0 Å². The number of hydrogen-bond acceptors (Lipinski definition) is 4. The summed E-state index contributed by atoms with van der Waals surface area (Å²) in [5.41, 5.74) is 25.4. The van der Waals surface area contributed by atoms with Crippen molar-refractivity contribution >= 4 is 0 Å². The molecule has 2 aliphatic carbocycles. The lowest BCUT2D eigenvalue weighted by molar-refractivity contribution is 0.0167. The van der Waals surface area contributed by atoms with Gasteiger partial charge >= 0.3 is 0 Å². The van der Waals surface area contributed by atoms with Crippen LogP contribution in [0.2, 0.25) is 0 Å². The zero-order valence-electron chi connectivity index (χ0n) is 12.6. The Morgan fingerprint density at radius 3 is 2.00 bits per heavy atom. The molecule has 19 heavy (non-hydrogen) atoms. The van der Waals surface area contributed by atoms with E-state index in [2.05, 4.69) is 13.8 Å². The lowest BCUT2D eigenvalue weighted by atomic mass is 9.54. The molecule has 4 heteroatoms. The van der Waals surface area contributed by atoms with Crippen molar-refractivity contribution in [2.24, 2.45) is 34.8 Å². The Balaban J connectivity index is 2.26. The van der Waals surface area contributed by atoms with E-state index >= 15 is 0 Å². The number of rotatable bonds is 2. The van der Waals surface area contributed by atoms with Crippen molar-refractivity contribution in [3.05, 3.63) is 0 Å². The highest BCUT2D eigenvalue weighted by molar-refractivity contribution is 5.16. The first kappa shape index (κ1) is 15.2. The van der Waals surface area contributed by atoms with E-state index in [9.17, 15) is 0 Å². The molecule has 0 heterocycles. The zero-order valence-corrected chi connectivity index (χ0v) is 12.6. The summed E-state index contributed by atoms with van der Waals surface area (Å²) in [5.74, 6) is 0.836. The molecule has 0 aromatic rings. The summed E-state index contributed by atoms with van der Waals surface area (Å²) in [6.07, 6.45) is 7.01. The first-order valence-electron chi connectivity index (χ1n) is 7.92. The zero-order chi connectivity index (χ0) is 14.3. The van der Waals surface area contributed by atoms with Crippen molar-refractivity contribution in [3.63, 3.8) is 0 Å². The lowest BCUT2D eigenvalue weighted by Gasteiger charge is -2.58. The summed E-state index contributed by atoms with van der Waals surface area (Å²) < 4.78 is 0. The van der Waals surface area contributed by atoms with Crippen LogP contribution >= 0.6 is 0 Å². The van der Waals surface area contributed by atoms with Crippen LogP contribution in [0.25, 0.3) is 0 Å². The molecule has 0 bridgehead atoms. The van der Waals surface area contributed by atoms with Crippen LogP contribution in [0.4, 0.5) is 0 Å². The summed E-state index contributed by atoms with van der Waals surface area (Å²) >= 11 is 0. The molecule has 0 aliphatic heterocycles. The van der Waals surface area contributed by atoms with Gasteiger partial charge in [-0.15, -0.1) is 0 Å².